The van der Waals surface area contributed by atoms with Crippen molar-refractivity contribution in [3.8, 4) is 11.5 Å². The van der Waals surface area contributed by atoms with Crippen LogP contribution in [0.2, 0.25) is 0 Å². The summed E-state index contributed by atoms with van der Waals surface area (Å²) in [5.41, 5.74) is 1.47. The van der Waals surface area contributed by atoms with Crippen molar-refractivity contribution in [3.05, 3.63) is 71.8 Å². The van der Waals surface area contributed by atoms with Crippen LogP contribution in [-0.2, 0) is 28.6 Å². The van der Waals surface area contributed by atoms with Gasteiger partial charge in [0.05, 0.1) is 11.8 Å². The number of carbonyl (C=O) groups is 3. The summed E-state index contributed by atoms with van der Waals surface area (Å²) in [5.74, 6) is -1.82. The summed E-state index contributed by atoms with van der Waals surface area (Å²) in [5, 5.41) is 0. The molecule has 2 aromatic carbocycles. The number of ether oxygens (including phenoxy) is 5. The maximum absolute atomic E-state index is 14.2. The smallest absolute Gasteiger partial charge is 0.333 e. The number of esters is 3. The number of benzene rings is 2. The van der Waals surface area contributed by atoms with Gasteiger partial charge in [0.2, 0.25) is 0 Å². The lowest BCUT2D eigenvalue weighted by Gasteiger charge is -2.34. The molecular weight excluding hydrogens is 608 g/mol. The molecule has 0 amide bonds. The largest absolute Gasteiger partial charge is 0.488 e. The van der Waals surface area contributed by atoms with Gasteiger partial charge >= 0.3 is 17.9 Å². The Morgan fingerprint density at radius 2 is 1.29 bits per heavy atom. The minimum Gasteiger partial charge on any atom is -0.488 e. The monoisotopic (exact) mass is 656 g/mol. The fraction of sp³-hybridized carbons (Fsp3) is 0.575. The predicted octanol–water partition coefficient (Wildman–Crippen LogP) is 7.82. The SMILES string of the molecule is C=C(C)C(=O)OC1C2CC3C1OC(=O)C3C2C(=O)OC(c1ccc(OC2(C)CCCCC2)cc1)c1ccc(OC2(C)CCCCC2)cc1. The van der Waals surface area contributed by atoms with E-state index in [-0.39, 0.29) is 28.6 Å². The topological polar surface area (TPSA) is 97.4 Å². The Labute approximate surface area is 283 Å². The fourth-order valence-corrected chi connectivity index (χ4v) is 9.01. The van der Waals surface area contributed by atoms with Crippen molar-refractivity contribution >= 4 is 17.9 Å². The van der Waals surface area contributed by atoms with Gasteiger partial charge < -0.3 is 23.7 Å². The summed E-state index contributed by atoms with van der Waals surface area (Å²) >= 11 is 0. The number of rotatable bonds is 10. The Morgan fingerprint density at radius 3 is 1.77 bits per heavy atom. The molecule has 2 aromatic rings. The summed E-state index contributed by atoms with van der Waals surface area (Å²) in [6, 6.07) is 15.6. The van der Waals surface area contributed by atoms with E-state index in [1.54, 1.807) is 6.92 Å². The van der Waals surface area contributed by atoms with E-state index < -0.39 is 48.1 Å². The van der Waals surface area contributed by atoms with Crippen LogP contribution < -0.4 is 9.47 Å². The second-order valence-corrected chi connectivity index (χ2v) is 15.3. The van der Waals surface area contributed by atoms with Gasteiger partial charge in [0.15, 0.2) is 6.10 Å². The summed E-state index contributed by atoms with van der Waals surface area (Å²) in [6.07, 6.45) is 9.84. The Balaban J connectivity index is 1.14. The van der Waals surface area contributed by atoms with Gasteiger partial charge in [-0.15, -0.1) is 0 Å². The van der Waals surface area contributed by atoms with E-state index in [0.717, 1.165) is 74.0 Å². The summed E-state index contributed by atoms with van der Waals surface area (Å²) in [6.45, 7) is 9.62. The zero-order chi connectivity index (χ0) is 33.6. The molecule has 2 bridgehead atoms. The lowest BCUT2D eigenvalue weighted by molar-refractivity contribution is -0.164. The van der Waals surface area contributed by atoms with Gasteiger partial charge in [0.1, 0.15) is 34.9 Å². The highest BCUT2D eigenvalue weighted by Gasteiger charge is 2.70. The van der Waals surface area contributed by atoms with Gasteiger partial charge in [-0.3, -0.25) is 9.59 Å². The van der Waals surface area contributed by atoms with Crippen LogP contribution in [0.25, 0.3) is 0 Å². The molecule has 6 atom stereocenters. The second kappa shape index (κ2) is 12.9. The van der Waals surface area contributed by atoms with Crippen molar-refractivity contribution in [1.29, 1.82) is 0 Å². The molecule has 0 spiro atoms. The average Bonchev–Trinajstić information content (AvgIpc) is 3.69. The average molecular weight is 657 g/mol. The predicted molar refractivity (Wildman–Crippen MR) is 178 cm³/mol. The molecular formula is C40H48O8. The molecule has 5 fully saturated rings. The molecule has 4 saturated carbocycles. The molecule has 1 heterocycles. The third kappa shape index (κ3) is 6.35. The summed E-state index contributed by atoms with van der Waals surface area (Å²) in [4.78, 5) is 39.7. The molecule has 256 valence electrons. The molecule has 4 aliphatic carbocycles. The van der Waals surface area contributed by atoms with Gasteiger partial charge in [-0.1, -0.05) is 43.7 Å². The van der Waals surface area contributed by atoms with E-state index in [0.29, 0.717) is 6.42 Å². The Morgan fingerprint density at radius 1 is 0.792 bits per heavy atom. The second-order valence-electron chi connectivity index (χ2n) is 15.3. The van der Waals surface area contributed by atoms with Gasteiger partial charge in [-0.2, -0.15) is 0 Å². The van der Waals surface area contributed by atoms with Crippen molar-refractivity contribution in [1.82, 2.24) is 0 Å². The standard InChI is InChI=1S/C40H48O8/c1-24(2)36(41)45-34-29-23-30-32(38(43)46-35(30)34)31(29)37(42)44-33(25-11-15-27(16-12-25)47-39(3)19-7-5-8-20-39)26-13-17-28(18-14-26)48-40(4)21-9-6-10-22-40/h11-18,29-35H,1,5-10,19-23H2,2-4H3. The molecule has 0 aromatic heterocycles. The Bertz CT molecular complexity index is 1460. The Kier molecular flexibility index (Phi) is 8.80. The van der Waals surface area contributed by atoms with E-state index in [2.05, 4.69) is 20.4 Å². The van der Waals surface area contributed by atoms with E-state index in [9.17, 15) is 14.4 Å². The van der Waals surface area contributed by atoms with Crippen molar-refractivity contribution in [2.75, 3.05) is 0 Å². The van der Waals surface area contributed by atoms with E-state index in [1.165, 1.54) is 12.8 Å². The van der Waals surface area contributed by atoms with Gasteiger partial charge in [-0.25, -0.2) is 4.79 Å². The van der Waals surface area contributed by atoms with Crippen LogP contribution in [0.15, 0.2) is 60.7 Å². The lowest BCUT2D eigenvalue weighted by Crippen LogP contribution is -2.44. The molecule has 48 heavy (non-hydrogen) atoms. The number of fused-ring (bicyclic) bond motifs is 1. The number of hydrogen-bond acceptors (Lipinski definition) is 8. The first-order valence-corrected chi connectivity index (χ1v) is 17.9. The quantitative estimate of drug-likeness (QED) is 0.145. The first-order valence-electron chi connectivity index (χ1n) is 17.9. The van der Waals surface area contributed by atoms with E-state index in [1.807, 2.05) is 48.5 Å². The minimum atomic E-state index is -0.769. The fourth-order valence-electron chi connectivity index (χ4n) is 9.01. The van der Waals surface area contributed by atoms with Crippen molar-refractivity contribution < 1.29 is 38.1 Å². The van der Waals surface area contributed by atoms with Crippen LogP contribution in [-0.4, -0.2) is 41.3 Å². The van der Waals surface area contributed by atoms with Crippen LogP contribution in [0.4, 0.5) is 0 Å². The van der Waals surface area contributed by atoms with Gasteiger partial charge in [-0.05, 0) is 114 Å². The van der Waals surface area contributed by atoms with E-state index in [4.69, 9.17) is 23.7 Å². The van der Waals surface area contributed by atoms with Crippen molar-refractivity contribution in [2.24, 2.45) is 23.7 Å². The first-order chi connectivity index (χ1) is 23.0. The molecule has 8 heteroatoms. The maximum atomic E-state index is 14.2. The lowest BCUT2D eigenvalue weighted by atomic mass is 9.78. The summed E-state index contributed by atoms with van der Waals surface area (Å²) in [7, 11) is 0. The minimum absolute atomic E-state index is 0.184. The molecule has 0 radical (unpaired) electrons. The normalized spacial score (nSPS) is 29.6. The maximum Gasteiger partial charge on any atom is 0.333 e. The molecule has 0 N–H and O–H groups in total. The van der Waals surface area contributed by atoms with Crippen LogP contribution >= 0.6 is 0 Å². The molecule has 5 aliphatic rings. The van der Waals surface area contributed by atoms with Crippen molar-refractivity contribution in [3.63, 3.8) is 0 Å². The zero-order valence-electron chi connectivity index (χ0n) is 28.4. The highest BCUT2D eigenvalue weighted by Crippen LogP contribution is 2.59. The Hall–Kier alpha value is -3.81. The van der Waals surface area contributed by atoms with Gasteiger partial charge in [0.25, 0.3) is 0 Å². The van der Waals surface area contributed by atoms with Gasteiger partial charge in [0, 0.05) is 17.4 Å². The first kappa shape index (κ1) is 32.7. The van der Waals surface area contributed by atoms with Crippen LogP contribution in [0.3, 0.4) is 0 Å². The highest BCUT2D eigenvalue weighted by molar-refractivity contribution is 5.88. The zero-order valence-corrected chi connectivity index (χ0v) is 28.4. The molecule has 1 saturated heterocycles. The summed E-state index contributed by atoms with van der Waals surface area (Å²) < 4.78 is 30.7. The van der Waals surface area contributed by atoms with Crippen molar-refractivity contribution in [2.45, 2.75) is 121 Å². The van der Waals surface area contributed by atoms with Crippen LogP contribution in [0, 0.1) is 23.7 Å². The van der Waals surface area contributed by atoms with Crippen LogP contribution in [0.5, 0.6) is 11.5 Å². The molecule has 8 nitrogen and oxygen atoms in total. The third-order valence-corrected chi connectivity index (χ3v) is 11.6. The molecule has 6 unspecified atom stereocenters. The highest BCUT2D eigenvalue weighted by atomic mass is 16.6. The molecule has 1 aliphatic heterocycles. The molecule has 7 rings (SSSR count). The van der Waals surface area contributed by atoms with E-state index >= 15 is 0 Å². The number of hydrogen-bond donors (Lipinski definition) is 0. The third-order valence-electron chi connectivity index (χ3n) is 11.6. The van der Waals surface area contributed by atoms with Crippen LogP contribution in [0.1, 0.15) is 109 Å². The number of carbonyl (C=O) groups excluding carboxylic acids is 3.